The third kappa shape index (κ3) is 4.51. The van der Waals surface area contributed by atoms with Crippen LogP contribution in [0, 0.1) is 0 Å². The molecule has 0 unspecified atom stereocenters. The fourth-order valence-electron chi connectivity index (χ4n) is 3.72. The molecule has 31 heavy (non-hydrogen) atoms. The second kappa shape index (κ2) is 8.58. The maximum Gasteiger partial charge on any atom is 0.417 e. The lowest BCUT2D eigenvalue weighted by atomic mass is 10.1. The Morgan fingerprint density at radius 3 is 2.52 bits per heavy atom. The molecule has 0 saturated carbocycles. The maximum atomic E-state index is 12.7. The average Bonchev–Trinajstić information content (AvgIpc) is 3.13. The summed E-state index contributed by atoms with van der Waals surface area (Å²) in [6.07, 6.45) is -3.53. The number of ether oxygens (including phenoxy) is 1. The van der Waals surface area contributed by atoms with Crippen molar-refractivity contribution in [2.45, 2.75) is 19.6 Å². The number of halogens is 3. The lowest BCUT2D eigenvalue weighted by Crippen LogP contribution is -2.46. The van der Waals surface area contributed by atoms with Crippen LogP contribution in [0.5, 0.6) is 0 Å². The highest BCUT2D eigenvalue weighted by atomic mass is 19.4. The Morgan fingerprint density at radius 2 is 1.87 bits per heavy atom. The molecule has 1 saturated heterocycles. The third-order valence-corrected chi connectivity index (χ3v) is 5.31. The summed E-state index contributed by atoms with van der Waals surface area (Å²) in [5, 5.41) is 0.873. The van der Waals surface area contributed by atoms with Crippen LogP contribution in [-0.2, 0) is 17.5 Å². The van der Waals surface area contributed by atoms with E-state index in [2.05, 4.69) is 9.88 Å². The van der Waals surface area contributed by atoms with Crippen molar-refractivity contribution in [1.82, 2.24) is 9.88 Å². The Labute approximate surface area is 177 Å². The number of alkyl halides is 3. The number of pyridine rings is 1. The molecule has 1 aliphatic heterocycles. The lowest BCUT2D eigenvalue weighted by molar-refractivity contribution is -0.137. The molecule has 1 aliphatic rings. The van der Waals surface area contributed by atoms with Gasteiger partial charge in [0.15, 0.2) is 0 Å². The zero-order valence-electron chi connectivity index (χ0n) is 17.0. The first-order valence-corrected chi connectivity index (χ1v) is 10.0. The second-order valence-corrected chi connectivity index (χ2v) is 7.29. The molecule has 6 nitrogen and oxygen atoms in total. The molecule has 0 bridgehead atoms. The number of aromatic nitrogens is 1. The van der Waals surface area contributed by atoms with Crippen LogP contribution in [0.25, 0.3) is 11.0 Å². The SMILES string of the molecule is CCOC(=O)c1oc2ccccc2c1CN1CCN(c2ccc(C(F)(F)F)cn2)CC1. The Bertz CT molecular complexity index is 1060. The van der Waals surface area contributed by atoms with E-state index in [4.69, 9.17) is 9.15 Å². The first-order valence-electron chi connectivity index (χ1n) is 10.0. The van der Waals surface area contributed by atoms with Crippen LogP contribution in [0.15, 0.2) is 47.0 Å². The van der Waals surface area contributed by atoms with Gasteiger partial charge in [-0.3, -0.25) is 4.90 Å². The van der Waals surface area contributed by atoms with Gasteiger partial charge in [-0.05, 0) is 25.1 Å². The highest BCUT2D eigenvalue weighted by Gasteiger charge is 2.31. The molecule has 3 heterocycles. The molecule has 4 rings (SSSR count). The van der Waals surface area contributed by atoms with E-state index in [1.165, 1.54) is 6.07 Å². The van der Waals surface area contributed by atoms with E-state index in [1.54, 1.807) is 6.92 Å². The van der Waals surface area contributed by atoms with E-state index in [0.29, 0.717) is 44.1 Å². The number of fused-ring (bicyclic) bond motifs is 1. The summed E-state index contributed by atoms with van der Waals surface area (Å²) in [4.78, 5) is 20.5. The number of para-hydroxylation sites is 1. The Hall–Kier alpha value is -3.07. The number of anilines is 1. The van der Waals surface area contributed by atoms with Crippen molar-refractivity contribution in [3.05, 3.63) is 59.5 Å². The van der Waals surface area contributed by atoms with E-state index >= 15 is 0 Å². The number of piperazine rings is 1. The van der Waals surface area contributed by atoms with Gasteiger partial charge >= 0.3 is 12.1 Å². The average molecular weight is 433 g/mol. The smallest absolute Gasteiger partial charge is 0.417 e. The van der Waals surface area contributed by atoms with Gasteiger partial charge in [0.05, 0.1) is 12.2 Å². The number of rotatable bonds is 5. The fraction of sp³-hybridized carbons (Fsp3) is 0.364. The van der Waals surface area contributed by atoms with Gasteiger partial charge in [-0.25, -0.2) is 9.78 Å². The minimum Gasteiger partial charge on any atom is -0.460 e. The highest BCUT2D eigenvalue weighted by Crippen LogP contribution is 2.30. The molecular formula is C22H22F3N3O3. The van der Waals surface area contributed by atoms with Crippen molar-refractivity contribution in [3.63, 3.8) is 0 Å². The predicted octanol–water partition coefficient (Wildman–Crippen LogP) is 4.35. The molecule has 0 aliphatic carbocycles. The summed E-state index contributed by atoms with van der Waals surface area (Å²) in [7, 11) is 0. The summed E-state index contributed by atoms with van der Waals surface area (Å²) >= 11 is 0. The van der Waals surface area contributed by atoms with Gasteiger partial charge in [0.25, 0.3) is 0 Å². The van der Waals surface area contributed by atoms with Gasteiger partial charge in [-0.2, -0.15) is 13.2 Å². The zero-order valence-corrected chi connectivity index (χ0v) is 17.0. The topological polar surface area (TPSA) is 58.8 Å². The number of nitrogens with zero attached hydrogens (tertiary/aromatic N) is 3. The normalized spacial score (nSPS) is 15.4. The minimum absolute atomic E-state index is 0.217. The minimum atomic E-state index is -4.39. The van der Waals surface area contributed by atoms with Crippen LogP contribution < -0.4 is 4.90 Å². The third-order valence-electron chi connectivity index (χ3n) is 5.31. The van der Waals surface area contributed by atoms with Crippen molar-refractivity contribution >= 4 is 22.8 Å². The van der Waals surface area contributed by atoms with Gasteiger partial charge in [-0.1, -0.05) is 18.2 Å². The van der Waals surface area contributed by atoms with Crippen molar-refractivity contribution < 1.29 is 27.1 Å². The highest BCUT2D eigenvalue weighted by molar-refractivity contribution is 5.96. The number of hydrogen-bond acceptors (Lipinski definition) is 6. The predicted molar refractivity (Wildman–Crippen MR) is 109 cm³/mol. The molecule has 1 aromatic carbocycles. The summed E-state index contributed by atoms with van der Waals surface area (Å²) in [6, 6.07) is 9.93. The zero-order chi connectivity index (χ0) is 22.0. The van der Waals surface area contributed by atoms with Crippen molar-refractivity contribution in [3.8, 4) is 0 Å². The van der Waals surface area contributed by atoms with Crippen LogP contribution in [0.2, 0.25) is 0 Å². The van der Waals surface area contributed by atoms with Gasteiger partial charge in [0.1, 0.15) is 11.4 Å². The van der Waals surface area contributed by atoms with E-state index in [9.17, 15) is 18.0 Å². The Kier molecular flexibility index (Phi) is 5.86. The van der Waals surface area contributed by atoms with Crippen molar-refractivity contribution in [2.75, 3.05) is 37.7 Å². The number of esters is 1. The number of hydrogen-bond donors (Lipinski definition) is 0. The van der Waals surface area contributed by atoms with E-state index < -0.39 is 17.7 Å². The summed E-state index contributed by atoms with van der Waals surface area (Å²) in [5.74, 6) is 0.254. The van der Waals surface area contributed by atoms with Crippen LogP contribution in [0.1, 0.15) is 28.6 Å². The van der Waals surface area contributed by atoms with Gasteiger partial charge < -0.3 is 14.1 Å². The molecule has 9 heteroatoms. The lowest BCUT2D eigenvalue weighted by Gasteiger charge is -2.35. The first kappa shape index (κ1) is 21.2. The summed E-state index contributed by atoms with van der Waals surface area (Å²) in [6.45, 7) is 5.09. The Balaban J connectivity index is 1.46. The molecule has 0 amide bonds. The fourth-order valence-corrected chi connectivity index (χ4v) is 3.72. The van der Waals surface area contributed by atoms with Gasteiger partial charge in [0.2, 0.25) is 5.76 Å². The van der Waals surface area contributed by atoms with Crippen LogP contribution in [0.4, 0.5) is 19.0 Å². The molecule has 0 radical (unpaired) electrons. The molecule has 2 aromatic heterocycles. The number of carbonyl (C=O) groups is 1. The quantitative estimate of drug-likeness (QED) is 0.558. The Morgan fingerprint density at radius 1 is 1.13 bits per heavy atom. The van der Waals surface area contributed by atoms with E-state index in [0.717, 1.165) is 23.2 Å². The monoisotopic (exact) mass is 433 g/mol. The molecular weight excluding hydrogens is 411 g/mol. The largest absolute Gasteiger partial charge is 0.460 e. The summed E-state index contributed by atoms with van der Waals surface area (Å²) < 4.78 is 49.1. The van der Waals surface area contributed by atoms with E-state index in [1.807, 2.05) is 29.2 Å². The molecule has 0 atom stereocenters. The second-order valence-electron chi connectivity index (χ2n) is 7.29. The van der Waals surface area contributed by atoms with Crippen LogP contribution >= 0.6 is 0 Å². The van der Waals surface area contributed by atoms with Crippen molar-refractivity contribution in [2.24, 2.45) is 0 Å². The molecule has 164 valence electrons. The van der Waals surface area contributed by atoms with Crippen molar-refractivity contribution in [1.29, 1.82) is 0 Å². The maximum absolute atomic E-state index is 12.7. The standard InChI is InChI=1S/C22H22F3N3O3/c1-2-30-21(29)20-17(16-5-3-4-6-18(16)31-20)14-27-9-11-28(12-10-27)19-8-7-15(13-26-19)22(23,24)25/h3-8,13H,2,9-12,14H2,1H3. The van der Waals surface area contributed by atoms with Gasteiger partial charge in [0, 0.05) is 49.9 Å². The number of furan rings is 1. The summed E-state index contributed by atoms with van der Waals surface area (Å²) in [5.41, 5.74) is 0.663. The molecule has 0 N–H and O–H groups in total. The number of carbonyl (C=O) groups excluding carboxylic acids is 1. The molecule has 3 aromatic rings. The first-order chi connectivity index (χ1) is 14.9. The van der Waals surface area contributed by atoms with Crippen LogP contribution in [0.3, 0.4) is 0 Å². The van der Waals surface area contributed by atoms with Crippen LogP contribution in [-0.4, -0.2) is 48.6 Å². The van der Waals surface area contributed by atoms with E-state index in [-0.39, 0.29) is 12.4 Å². The molecule has 0 spiro atoms. The van der Waals surface area contributed by atoms with Gasteiger partial charge in [-0.15, -0.1) is 0 Å². The molecule has 1 fully saturated rings. The number of benzene rings is 1.